The van der Waals surface area contributed by atoms with Gasteiger partial charge >= 0.3 is 0 Å². The van der Waals surface area contributed by atoms with Crippen LogP contribution in [0.4, 0.5) is 0 Å². The summed E-state index contributed by atoms with van der Waals surface area (Å²) in [6.07, 6.45) is 3.28. The largest absolute Gasteiger partial charge is 0.372 e. The lowest BCUT2D eigenvalue weighted by Gasteiger charge is -2.33. The van der Waals surface area contributed by atoms with E-state index in [9.17, 15) is 0 Å². The molecule has 0 aromatic heterocycles. The lowest BCUT2D eigenvalue weighted by atomic mass is 9.89. The standard InChI is InChI=1S/C13H20N2O/c14-11-7-4-8-12(13(11)15)16-9-10-5-2-1-3-6-10/h1-3,5-6,11-13H,4,7-9,14-15H2/t11-,12+,13-/m1/s1. The molecule has 16 heavy (non-hydrogen) atoms. The van der Waals surface area contributed by atoms with Crippen LogP contribution in [0.3, 0.4) is 0 Å². The Bertz CT molecular complexity index is 315. The molecule has 3 heteroatoms. The van der Waals surface area contributed by atoms with E-state index in [0.29, 0.717) is 6.61 Å². The molecule has 0 unspecified atom stereocenters. The van der Waals surface area contributed by atoms with Crippen molar-refractivity contribution in [3.8, 4) is 0 Å². The lowest BCUT2D eigenvalue weighted by molar-refractivity contribution is -0.00130. The van der Waals surface area contributed by atoms with Crippen LogP contribution in [-0.4, -0.2) is 18.2 Å². The molecule has 1 aliphatic rings. The van der Waals surface area contributed by atoms with Crippen LogP contribution in [-0.2, 0) is 11.3 Å². The van der Waals surface area contributed by atoms with Gasteiger partial charge in [0.2, 0.25) is 0 Å². The van der Waals surface area contributed by atoms with Gasteiger partial charge in [0.05, 0.1) is 12.7 Å². The van der Waals surface area contributed by atoms with E-state index in [1.807, 2.05) is 18.2 Å². The van der Waals surface area contributed by atoms with Crippen LogP contribution >= 0.6 is 0 Å². The van der Waals surface area contributed by atoms with Gasteiger partial charge < -0.3 is 16.2 Å². The Kier molecular flexibility index (Phi) is 3.93. The first-order chi connectivity index (χ1) is 7.77. The number of hydrogen-bond donors (Lipinski definition) is 2. The van der Waals surface area contributed by atoms with E-state index in [1.165, 1.54) is 5.56 Å². The number of benzene rings is 1. The van der Waals surface area contributed by atoms with Gasteiger partial charge in [-0.3, -0.25) is 0 Å². The summed E-state index contributed by atoms with van der Waals surface area (Å²) in [5, 5.41) is 0. The first-order valence-electron chi connectivity index (χ1n) is 5.94. The zero-order chi connectivity index (χ0) is 11.4. The third kappa shape index (κ3) is 2.82. The Morgan fingerprint density at radius 2 is 1.88 bits per heavy atom. The molecule has 1 saturated carbocycles. The summed E-state index contributed by atoms with van der Waals surface area (Å²) in [6.45, 7) is 0.631. The van der Waals surface area contributed by atoms with Gasteiger partial charge in [-0.2, -0.15) is 0 Å². The van der Waals surface area contributed by atoms with E-state index < -0.39 is 0 Å². The molecule has 1 aliphatic carbocycles. The molecule has 0 aliphatic heterocycles. The molecule has 4 N–H and O–H groups in total. The van der Waals surface area contributed by atoms with Crippen LogP contribution in [0, 0.1) is 0 Å². The first-order valence-corrected chi connectivity index (χ1v) is 5.94. The average Bonchev–Trinajstić information content (AvgIpc) is 2.32. The second-order valence-electron chi connectivity index (χ2n) is 4.51. The number of ether oxygens (including phenoxy) is 1. The minimum atomic E-state index is -0.0162. The summed E-state index contributed by atoms with van der Waals surface area (Å²) in [4.78, 5) is 0. The van der Waals surface area contributed by atoms with Gasteiger partial charge in [-0.1, -0.05) is 30.3 Å². The van der Waals surface area contributed by atoms with Gasteiger partial charge in [-0.25, -0.2) is 0 Å². The molecule has 0 amide bonds. The van der Waals surface area contributed by atoms with Crippen molar-refractivity contribution in [2.45, 2.75) is 44.1 Å². The predicted octanol–water partition coefficient (Wildman–Crippen LogP) is 1.41. The van der Waals surface area contributed by atoms with Crippen molar-refractivity contribution in [1.29, 1.82) is 0 Å². The predicted molar refractivity (Wildman–Crippen MR) is 64.8 cm³/mol. The van der Waals surface area contributed by atoms with Crippen molar-refractivity contribution < 1.29 is 4.74 Å². The molecule has 0 saturated heterocycles. The fraction of sp³-hybridized carbons (Fsp3) is 0.538. The summed E-state index contributed by atoms with van der Waals surface area (Å²) in [6, 6.07) is 10.2. The smallest absolute Gasteiger partial charge is 0.0745 e. The van der Waals surface area contributed by atoms with Crippen LogP contribution in [0.5, 0.6) is 0 Å². The highest BCUT2D eigenvalue weighted by Gasteiger charge is 2.28. The molecule has 3 nitrogen and oxygen atoms in total. The minimum Gasteiger partial charge on any atom is -0.372 e. The topological polar surface area (TPSA) is 61.3 Å². The zero-order valence-corrected chi connectivity index (χ0v) is 9.51. The maximum absolute atomic E-state index is 6.04. The van der Waals surface area contributed by atoms with Crippen LogP contribution in [0.1, 0.15) is 24.8 Å². The first kappa shape index (κ1) is 11.6. The van der Waals surface area contributed by atoms with Gasteiger partial charge in [0.1, 0.15) is 0 Å². The molecule has 0 spiro atoms. The van der Waals surface area contributed by atoms with Gasteiger partial charge in [0.15, 0.2) is 0 Å². The van der Waals surface area contributed by atoms with Crippen LogP contribution in [0.2, 0.25) is 0 Å². The van der Waals surface area contributed by atoms with E-state index in [2.05, 4.69) is 12.1 Å². The molecule has 88 valence electrons. The molecule has 1 fully saturated rings. The molecule has 0 radical (unpaired) electrons. The van der Waals surface area contributed by atoms with Gasteiger partial charge in [-0.15, -0.1) is 0 Å². The number of rotatable bonds is 3. The monoisotopic (exact) mass is 220 g/mol. The summed E-state index contributed by atoms with van der Waals surface area (Å²) in [5.41, 5.74) is 13.2. The molecule has 0 bridgehead atoms. The van der Waals surface area contributed by atoms with Crippen LogP contribution < -0.4 is 11.5 Å². The summed E-state index contributed by atoms with van der Waals surface area (Å²) >= 11 is 0. The Morgan fingerprint density at radius 1 is 1.12 bits per heavy atom. The fourth-order valence-corrected chi connectivity index (χ4v) is 2.19. The minimum absolute atomic E-state index is 0.0162. The van der Waals surface area contributed by atoms with Crippen molar-refractivity contribution in [2.24, 2.45) is 11.5 Å². The maximum Gasteiger partial charge on any atom is 0.0745 e. The number of hydrogen-bond acceptors (Lipinski definition) is 3. The van der Waals surface area contributed by atoms with Crippen molar-refractivity contribution in [3.05, 3.63) is 35.9 Å². The fourth-order valence-electron chi connectivity index (χ4n) is 2.19. The van der Waals surface area contributed by atoms with Crippen molar-refractivity contribution in [1.82, 2.24) is 0 Å². The molecule has 1 aromatic carbocycles. The van der Waals surface area contributed by atoms with E-state index in [1.54, 1.807) is 0 Å². The SMILES string of the molecule is N[C@@H]1[C@H](N)CCC[C@@H]1OCc1ccccc1. The highest BCUT2D eigenvalue weighted by Crippen LogP contribution is 2.20. The molecule has 1 aromatic rings. The third-order valence-corrected chi connectivity index (χ3v) is 3.26. The second-order valence-corrected chi connectivity index (χ2v) is 4.51. The molecular weight excluding hydrogens is 200 g/mol. The highest BCUT2D eigenvalue weighted by atomic mass is 16.5. The summed E-state index contributed by atoms with van der Waals surface area (Å²) in [5.74, 6) is 0. The Hall–Kier alpha value is -0.900. The Balaban J connectivity index is 1.85. The second kappa shape index (κ2) is 5.43. The van der Waals surface area contributed by atoms with Gasteiger partial charge in [0, 0.05) is 12.1 Å². The zero-order valence-electron chi connectivity index (χ0n) is 9.51. The summed E-state index contributed by atoms with van der Waals surface area (Å²) < 4.78 is 5.85. The van der Waals surface area contributed by atoms with E-state index in [0.717, 1.165) is 19.3 Å². The van der Waals surface area contributed by atoms with Crippen LogP contribution in [0.25, 0.3) is 0 Å². The summed E-state index contributed by atoms with van der Waals surface area (Å²) in [7, 11) is 0. The molecule has 3 atom stereocenters. The van der Waals surface area contributed by atoms with E-state index in [4.69, 9.17) is 16.2 Å². The molecule has 2 rings (SSSR count). The molecule has 0 heterocycles. The van der Waals surface area contributed by atoms with E-state index >= 15 is 0 Å². The van der Waals surface area contributed by atoms with Crippen molar-refractivity contribution in [2.75, 3.05) is 0 Å². The Labute approximate surface area is 96.8 Å². The third-order valence-electron chi connectivity index (χ3n) is 3.26. The highest BCUT2D eigenvalue weighted by molar-refractivity contribution is 5.13. The number of nitrogens with two attached hydrogens (primary N) is 2. The Morgan fingerprint density at radius 3 is 2.62 bits per heavy atom. The average molecular weight is 220 g/mol. The van der Waals surface area contributed by atoms with Crippen LogP contribution in [0.15, 0.2) is 30.3 Å². The quantitative estimate of drug-likeness (QED) is 0.809. The van der Waals surface area contributed by atoms with Gasteiger partial charge in [0.25, 0.3) is 0 Å². The van der Waals surface area contributed by atoms with E-state index in [-0.39, 0.29) is 18.2 Å². The van der Waals surface area contributed by atoms with Crippen molar-refractivity contribution >= 4 is 0 Å². The van der Waals surface area contributed by atoms with Gasteiger partial charge in [-0.05, 0) is 24.8 Å². The maximum atomic E-state index is 6.04. The lowest BCUT2D eigenvalue weighted by Crippen LogP contribution is -2.52. The normalized spacial score (nSPS) is 30.2. The van der Waals surface area contributed by atoms with Crippen molar-refractivity contribution in [3.63, 3.8) is 0 Å². The molecular formula is C13H20N2O.